The quantitative estimate of drug-likeness (QED) is 0.793. The third-order valence-corrected chi connectivity index (χ3v) is 4.66. The molecule has 4 nitrogen and oxygen atoms in total. The Bertz CT molecular complexity index is 248. The number of halogens is 2. The largest absolute Gasteiger partial charge is 0.354 e. The van der Waals surface area contributed by atoms with Crippen molar-refractivity contribution in [2.45, 2.75) is 18.9 Å². The zero-order valence-corrected chi connectivity index (χ0v) is 13.7. The summed E-state index contributed by atoms with van der Waals surface area (Å²) >= 11 is 1.96. The van der Waals surface area contributed by atoms with Gasteiger partial charge in [0, 0.05) is 30.3 Å². The van der Waals surface area contributed by atoms with Crippen molar-refractivity contribution in [2.24, 2.45) is 11.7 Å². The first-order valence-corrected chi connectivity index (χ1v) is 6.90. The average Bonchev–Trinajstić information content (AvgIpc) is 2.74. The van der Waals surface area contributed by atoms with Crippen LogP contribution >= 0.6 is 36.6 Å². The normalized spacial score (nSPS) is 24.1. The smallest absolute Gasteiger partial charge is 0.224 e. The van der Waals surface area contributed by atoms with E-state index in [0.29, 0.717) is 6.54 Å². The molecule has 0 aromatic carbocycles. The summed E-state index contributed by atoms with van der Waals surface area (Å²) in [5.41, 5.74) is 5.61. The second-order valence-corrected chi connectivity index (χ2v) is 5.88. The number of carbonyl (C=O) groups excluding carboxylic acids is 1. The van der Waals surface area contributed by atoms with Crippen LogP contribution in [-0.2, 0) is 4.79 Å². The molecular formula is C11H25Cl2N3OS. The van der Waals surface area contributed by atoms with E-state index < -0.39 is 0 Å². The SMILES string of the molecule is CC(CN)C(=O)NCC1(N(C)C)CCSC1.Cl.Cl. The van der Waals surface area contributed by atoms with Crippen LogP contribution in [-0.4, -0.2) is 55.0 Å². The second kappa shape index (κ2) is 9.26. The lowest BCUT2D eigenvalue weighted by molar-refractivity contribution is -0.124. The zero-order chi connectivity index (χ0) is 12.2. The summed E-state index contributed by atoms with van der Waals surface area (Å²) < 4.78 is 0. The van der Waals surface area contributed by atoms with Gasteiger partial charge < -0.3 is 16.0 Å². The van der Waals surface area contributed by atoms with Crippen LogP contribution in [0.25, 0.3) is 0 Å². The van der Waals surface area contributed by atoms with E-state index in [9.17, 15) is 4.79 Å². The molecule has 0 aromatic rings. The van der Waals surface area contributed by atoms with E-state index in [1.165, 1.54) is 5.75 Å². The van der Waals surface area contributed by atoms with E-state index in [2.05, 4.69) is 24.3 Å². The van der Waals surface area contributed by atoms with Gasteiger partial charge >= 0.3 is 0 Å². The number of nitrogens with two attached hydrogens (primary N) is 1. The van der Waals surface area contributed by atoms with Gasteiger partial charge in [-0.3, -0.25) is 4.79 Å². The maximum atomic E-state index is 11.7. The Hall–Kier alpha value is 0.320. The molecule has 1 fully saturated rings. The standard InChI is InChI=1S/C11H23N3OS.2ClH/c1-9(6-12)10(15)13-7-11(14(2)3)4-5-16-8-11;;/h9H,4-8,12H2,1-3H3,(H,13,15);2*1H. The molecule has 0 aromatic heterocycles. The van der Waals surface area contributed by atoms with Crippen molar-refractivity contribution in [3.63, 3.8) is 0 Å². The van der Waals surface area contributed by atoms with Crippen LogP contribution in [0.5, 0.6) is 0 Å². The fourth-order valence-electron chi connectivity index (χ4n) is 1.78. The first kappa shape index (κ1) is 20.6. The summed E-state index contributed by atoms with van der Waals surface area (Å²) in [5, 5.41) is 3.02. The number of amides is 1. The predicted octanol–water partition coefficient (Wildman–Crippen LogP) is 0.978. The van der Waals surface area contributed by atoms with Crippen molar-refractivity contribution < 1.29 is 4.79 Å². The molecule has 1 aliphatic rings. The summed E-state index contributed by atoms with van der Waals surface area (Å²) in [6, 6.07) is 0. The Morgan fingerprint density at radius 1 is 1.50 bits per heavy atom. The van der Waals surface area contributed by atoms with E-state index in [1.54, 1.807) is 0 Å². The number of hydrogen-bond donors (Lipinski definition) is 2. The van der Waals surface area contributed by atoms with Crippen LogP contribution in [0.15, 0.2) is 0 Å². The fourth-order valence-corrected chi connectivity index (χ4v) is 3.33. The molecule has 2 atom stereocenters. The van der Waals surface area contributed by atoms with Crippen LogP contribution in [0.3, 0.4) is 0 Å². The number of rotatable bonds is 5. The van der Waals surface area contributed by atoms with E-state index in [1.807, 2.05) is 18.7 Å². The number of hydrogen-bond acceptors (Lipinski definition) is 4. The van der Waals surface area contributed by atoms with Crippen LogP contribution in [0.2, 0.25) is 0 Å². The summed E-state index contributed by atoms with van der Waals surface area (Å²) in [7, 11) is 4.18. The van der Waals surface area contributed by atoms with Crippen molar-refractivity contribution in [3.05, 3.63) is 0 Å². The molecule has 0 radical (unpaired) electrons. The molecule has 18 heavy (non-hydrogen) atoms. The van der Waals surface area contributed by atoms with Gasteiger partial charge in [0.25, 0.3) is 0 Å². The summed E-state index contributed by atoms with van der Waals surface area (Å²) in [6.07, 6.45) is 1.14. The first-order chi connectivity index (χ1) is 7.52. The molecule has 1 rings (SSSR count). The molecule has 2 unspecified atom stereocenters. The first-order valence-electron chi connectivity index (χ1n) is 5.75. The van der Waals surface area contributed by atoms with Gasteiger partial charge in [0.15, 0.2) is 0 Å². The van der Waals surface area contributed by atoms with Crippen LogP contribution in [0, 0.1) is 5.92 Å². The van der Waals surface area contributed by atoms with E-state index in [4.69, 9.17) is 5.73 Å². The molecule has 1 aliphatic heterocycles. The molecule has 0 saturated carbocycles. The second-order valence-electron chi connectivity index (χ2n) is 4.78. The molecule has 0 spiro atoms. The minimum Gasteiger partial charge on any atom is -0.354 e. The van der Waals surface area contributed by atoms with Gasteiger partial charge in [-0.2, -0.15) is 11.8 Å². The van der Waals surface area contributed by atoms with E-state index in [-0.39, 0.29) is 42.2 Å². The molecule has 1 amide bonds. The lowest BCUT2D eigenvalue weighted by Crippen LogP contribution is -2.53. The Morgan fingerprint density at radius 3 is 2.50 bits per heavy atom. The van der Waals surface area contributed by atoms with Gasteiger partial charge in [-0.05, 0) is 26.3 Å². The van der Waals surface area contributed by atoms with Crippen molar-refractivity contribution >= 4 is 42.5 Å². The van der Waals surface area contributed by atoms with Gasteiger partial charge in [-0.25, -0.2) is 0 Å². The molecule has 0 aliphatic carbocycles. The maximum absolute atomic E-state index is 11.7. The molecule has 1 saturated heterocycles. The number of nitrogens with zero attached hydrogens (tertiary/aromatic N) is 1. The van der Waals surface area contributed by atoms with Crippen molar-refractivity contribution in [3.8, 4) is 0 Å². The molecule has 1 heterocycles. The lowest BCUT2D eigenvalue weighted by atomic mass is 9.97. The van der Waals surface area contributed by atoms with Crippen LogP contribution in [0.4, 0.5) is 0 Å². The third-order valence-electron chi connectivity index (χ3n) is 3.42. The van der Waals surface area contributed by atoms with Crippen molar-refractivity contribution in [1.82, 2.24) is 10.2 Å². The Morgan fingerprint density at radius 2 is 2.11 bits per heavy atom. The lowest BCUT2D eigenvalue weighted by Gasteiger charge is -2.36. The topological polar surface area (TPSA) is 58.4 Å². The minimum absolute atomic E-state index is 0. The van der Waals surface area contributed by atoms with Gasteiger partial charge in [0.1, 0.15) is 0 Å². The highest BCUT2D eigenvalue weighted by molar-refractivity contribution is 7.99. The minimum atomic E-state index is -0.0896. The van der Waals surface area contributed by atoms with Gasteiger partial charge in [-0.15, -0.1) is 24.8 Å². The monoisotopic (exact) mass is 317 g/mol. The predicted molar refractivity (Wildman–Crippen MR) is 84.1 cm³/mol. The molecule has 0 bridgehead atoms. The highest BCUT2D eigenvalue weighted by Crippen LogP contribution is 2.31. The summed E-state index contributed by atoms with van der Waals surface area (Å²) in [5.74, 6) is 2.26. The molecule has 7 heteroatoms. The average molecular weight is 318 g/mol. The zero-order valence-electron chi connectivity index (χ0n) is 11.3. The summed E-state index contributed by atoms with van der Waals surface area (Å²) in [6.45, 7) is 3.01. The maximum Gasteiger partial charge on any atom is 0.224 e. The Balaban J connectivity index is 0. The fraction of sp³-hybridized carbons (Fsp3) is 0.909. The Labute approximate surface area is 127 Å². The molecule has 110 valence electrons. The van der Waals surface area contributed by atoms with E-state index >= 15 is 0 Å². The van der Waals surface area contributed by atoms with Crippen LogP contribution < -0.4 is 11.1 Å². The number of thioether (sulfide) groups is 1. The highest BCUT2D eigenvalue weighted by atomic mass is 35.5. The third kappa shape index (κ3) is 5.13. The van der Waals surface area contributed by atoms with Gasteiger partial charge in [0.2, 0.25) is 5.91 Å². The van der Waals surface area contributed by atoms with Gasteiger partial charge in [0.05, 0.1) is 0 Å². The molecular weight excluding hydrogens is 293 g/mol. The van der Waals surface area contributed by atoms with Crippen LogP contribution in [0.1, 0.15) is 13.3 Å². The van der Waals surface area contributed by atoms with E-state index in [0.717, 1.165) is 18.7 Å². The van der Waals surface area contributed by atoms with Crippen molar-refractivity contribution in [2.75, 3.05) is 38.7 Å². The van der Waals surface area contributed by atoms with Gasteiger partial charge in [-0.1, -0.05) is 6.92 Å². The summed E-state index contributed by atoms with van der Waals surface area (Å²) in [4.78, 5) is 13.9. The highest BCUT2D eigenvalue weighted by Gasteiger charge is 2.36. The number of nitrogens with one attached hydrogen (secondary N) is 1. The number of likely N-dealkylation sites (N-methyl/N-ethyl adjacent to an activating group) is 1. The molecule has 3 N–H and O–H groups in total. The Kier molecular flexibility index (Phi) is 10.6. The van der Waals surface area contributed by atoms with Crippen molar-refractivity contribution in [1.29, 1.82) is 0 Å². The number of carbonyl (C=O) groups is 1.